The smallest absolute Gasteiger partial charge is 0.159 e. The molecule has 0 unspecified atom stereocenters. The van der Waals surface area contributed by atoms with Crippen LogP contribution in [-0.4, -0.2) is 15.9 Å². The highest BCUT2D eigenvalue weighted by atomic mass is 32.1. The van der Waals surface area contributed by atoms with Gasteiger partial charge in [0.15, 0.2) is 11.6 Å². The van der Waals surface area contributed by atoms with E-state index in [-0.39, 0.29) is 0 Å². The first kappa shape index (κ1) is 12.3. The molecule has 0 amide bonds. The van der Waals surface area contributed by atoms with Gasteiger partial charge in [0.1, 0.15) is 10.7 Å². The average Bonchev–Trinajstić information content (AvgIpc) is 2.96. The van der Waals surface area contributed by atoms with Gasteiger partial charge in [0.2, 0.25) is 0 Å². The van der Waals surface area contributed by atoms with Gasteiger partial charge in [-0.05, 0) is 24.7 Å². The predicted octanol–water partition coefficient (Wildman–Crippen LogP) is 2.84. The molecule has 3 nitrogen and oxygen atoms in total. The zero-order chi connectivity index (χ0) is 13.4. The quantitative estimate of drug-likeness (QED) is 0.801. The number of nitrogens with two attached hydrogens (primary N) is 1. The Kier molecular flexibility index (Phi) is 3.04. The first-order valence-electron chi connectivity index (χ1n) is 5.80. The van der Waals surface area contributed by atoms with Crippen LogP contribution < -0.4 is 5.73 Å². The van der Waals surface area contributed by atoms with E-state index in [2.05, 4.69) is 4.98 Å². The molecule has 0 radical (unpaired) electrons. The van der Waals surface area contributed by atoms with Gasteiger partial charge in [-0.15, -0.1) is 11.3 Å². The van der Waals surface area contributed by atoms with Gasteiger partial charge in [0, 0.05) is 17.4 Å². The third kappa shape index (κ3) is 2.02. The summed E-state index contributed by atoms with van der Waals surface area (Å²) >= 11 is 1.51. The Morgan fingerprint density at radius 2 is 2.11 bits per heavy atom. The summed E-state index contributed by atoms with van der Waals surface area (Å²) in [6.45, 7) is 0.492. The predicted molar refractivity (Wildman–Crippen MR) is 71.2 cm³/mol. The van der Waals surface area contributed by atoms with Gasteiger partial charge in [-0.1, -0.05) is 0 Å². The highest BCUT2D eigenvalue weighted by Gasteiger charge is 2.13. The maximum atomic E-state index is 13.3. The second-order valence-electron chi connectivity index (χ2n) is 4.14. The van der Waals surface area contributed by atoms with E-state index < -0.39 is 11.6 Å². The topological polar surface area (TPSA) is 43.3 Å². The van der Waals surface area contributed by atoms with Crippen molar-refractivity contribution in [3.05, 3.63) is 47.2 Å². The zero-order valence-electron chi connectivity index (χ0n) is 9.94. The number of aromatic nitrogens is 2. The van der Waals surface area contributed by atoms with Crippen LogP contribution in [0.3, 0.4) is 0 Å². The SMILES string of the molecule is NCCc1ncc2scc(-c3ccc(F)c(F)c3)n12. The van der Waals surface area contributed by atoms with Gasteiger partial charge in [0.25, 0.3) is 0 Å². The number of halogens is 2. The van der Waals surface area contributed by atoms with Gasteiger partial charge in [-0.25, -0.2) is 13.8 Å². The third-order valence-corrected chi connectivity index (χ3v) is 3.79. The number of thiazole rings is 1. The van der Waals surface area contributed by atoms with Crippen molar-refractivity contribution in [1.82, 2.24) is 9.38 Å². The lowest BCUT2D eigenvalue weighted by molar-refractivity contribution is 0.509. The molecule has 2 heterocycles. The summed E-state index contributed by atoms with van der Waals surface area (Å²) in [6, 6.07) is 3.89. The van der Waals surface area contributed by atoms with Crippen LogP contribution in [0.4, 0.5) is 8.78 Å². The van der Waals surface area contributed by atoms with E-state index in [0.29, 0.717) is 18.5 Å². The summed E-state index contributed by atoms with van der Waals surface area (Å²) in [5.41, 5.74) is 6.98. The highest BCUT2D eigenvalue weighted by Crippen LogP contribution is 2.28. The van der Waals surface area contributed by atoms with E-state index in [4.69, 9.17) is 5.73 Å². The minimum Gasteiger partial charge on any atom is -0.330 e. The van der Waals surface area contributed by atoms with Crippen molar-refractivity contribution in [2.45, 2.75) is 6.42 Å². The van der Waals surface area contributed by atoms with Crippen LogP contribution >= 0.6 is 11.3 Å². The van der Waals surface area contributed by atoms with Crippen molar-refractivity contribution in [2.75, 3.05) is 6.54 Å². The van der Waals surface area contributed by atoms with E-state index >= 15 is 0 Å². The Morgan fingerprint density at radius 1 is 1.26 bits per heavy atom. The lowest BCUT2D eigenvalue weighted by atomic mass is 10.1. The second-order valence-corrected chi connectivity index (χ2v) is 5.03. The highest BCUT2D eigenvalue weighted by molar-refractivity contribution is 7.15. The summed E-state index contributed by atoms with van der Waals surface area (Å²) in [6.07, 6.45) is 2.40. The Morgan fingerprint density at radius 3 is 2.84 bits per heavy atom. The Labute approximate surface area is 112 Å². The molecular weight excluding hydrogens is 268 g/mol. The molecule has 6 heteroatoms. The number of imidazole rings is 1. The van der Waals surface area contributed by atoms with Gasteiger partial charge >= 0.3 is 0 Å². The maximum absolute atomic E-state index is 13.3. The largest absolute Gasteiger partial charge is 0.330 e. The van der Waals surface area contributed by atoms with Crippen LogP contribution in [0.2, 0.25) is 0 Å². The molecule has 0 bridgehead atoms. The minimum absolute atomic E-state index is 0.492. The number of fused-ring (bicyclic) bond motifs is 1. The van der Waals surface area contributed by atoms with E-state index in [1.165, 1.54) is 17.4 Å². The average molecular weight is 279 g/mol. The van der Waals surface area contributed by atoms with E-state index in [1.807, 2.05) is 9.78 Å². The maximum Gasteiger partial charge on any atom is 0.159 e. The molecule has 3 rings (SSSR count). The molecule has 3 aromatic rings. The fourth-order valence-corrected chi connectivity index (χ4v) is 2.94. The number of hydrogen-bond donors (Lipinski definition) is 1. The molecule has 0 aliphatic carbocycles. The summed E-state index contributed by atoms with van der Waals surface area (Å²) in [7, 11) is 0. The molecule has 0 aliphatic heterocycles. The van der Waals surface area contributed by atoms with Crippen LogP contribution in [0.25, 0.3) is 16.1 Å². The second kappa shape index (κ2) is 4.71. The van der Waals surface area contributed by atoms with Crippen LogP contribution in [0.1, 0.15) is 5.82 Å². The van der Waals surface area contributed by atoms with E-state index in [0.717, 1.165) is 22.4 Å². The summed E-state index contributed by atoms with van der Waals surface area (Å²) in [5.74, 6) is -0.862. The van der Waals surface area contributed by atoms with Gasteiger partial charge in [-0.2, -0.15) is 0 Å². The molecule has 19 heavy (non-hydrogen) atoms. The molecule has 0 fully saturated rings. The first-order valence-corrected chi connectivity index (χ1v) is 6.68. The van der Waals surface area contributed by atoms with Crippen molar-refractivity contribution in [3.8, 4) is 11.3 Å². The van der Waals surface area contributed by atoms with Gasteiger partial charge in [-0.3, -0.25) is 4.40 Å². The molecule has 2 N–H and O–H groups in total. The van der Waals surface area contributed by atoms with Crippen molar-refractivity contribution >= 4 is 16.2 Å². The molecule has 0 saturated carbocycles. The molecule has 2 aromatic heterocycles. The molecule has 0 aliphatic rings. The summed E-state index contributed by atoms with van der Waals surface area (Å²) in [5, 5.41) is 1.91. The summed E-state index contributed by atoms with van der Waals surface area (Å²) in [4.78, 5) is 5.26. The van der Waals surface area contributed by atoms with E-state index in [1.54, 1.807) is 12.3 Å². The number of benzene rings is 1. The zero-order valence-corrected chi connectivity index (χ0v) is 10.8. The first-order chi connectivity index (χ1) is 9.20. The monoisotopic (exact) mass is 279 g/mol. The molecule has 0 saturated heterocycles. The number of nitrogens with zero attached hydrogens (tertiary/aromatic N) is 2. The summed E-state index contributed by atoms with van der Waals surface area (Å²) < 4.78 is 28.3. The minimum atomic E-state index is -0.850. The molecule has 0 atom stereocenters. The van der Waals surface area contributed by atoms with E-state index in [9.17, 15) is 8.78 Å². The molecular formula is C13H11F2N3S. The number of hydrogen-bond acceptors (Lipinski definition) is 3. The van der Waals surface area contributed by atoms with Crippen LogP contribution in [0, 0.1) is 11.6 Å². The fourth-order valence-electron chi connectivity index (χ4n) is 2.04. The Hall–Kier alpha value is -1.79. The lowest BCUT2D eigenvalue weighted by Crippen LogP contribution is -2.06. The lowest BCUT2D eigenvalue weighted by Gasteiger charge is -2.04. The molecule has 98 valence electrons. The normalized spacial score (nSPS) is 11.3. The Balaban J connectivity index is 2.18. The van der Waals surface area contributed by atoms with Crippen molar-refractivity contribution in [3.63, 3.8) is 0 Å². The standard InChI is InChI=1S/C13H11F2N3S/c14-9-2-1-8(5-10(9)15)11-7-19-13-6-17-12(3-4-16)18(11)13/h1-2,5-7H,3-4,16H2. The van der Waals surface area contributed by atoms with Crippen LogP contribution in [0.5, 0.6) is 0 Å². The van der Waals surface area contributed by atoms with Crippen molar-refractivity contribution in [1.29, 1.82) is 0 Å². The van der Waals surface area contributed by atoms with Crippen LogP contribution in [-0.2, 0) is 6.42 Å². The molecule has 1 aromatic carbocycles. The van der Waals surface area contributed by atoms with Crippen LogP contribution in [0.15, 0.2) is 29.8 Å². The number of rotatable bonds is 3. The fraction of sp³-hybridized carbons (Fsp3) is 0.154. The van der Waals surface area contributed by atoms with Gasteiger partial charge < -0.3 is 5.73 Å². The van der Waals surface area contributed by atoms with Gasteiger partial charge in [0.05, 0.1) is 11.9 Å². The van der Waals surface area contributed by atoms with Crippen molar-refractivity contribution < 1.29 is 8.78 Å². The Bertz CT molecular complexity index is 733. The molecule has 0 spiro atoms. The van der Waals surface area contributed by atoms with Crippen molar-refractivity contribution in [2.24, 2.45) is 5.73 Å². The third-order valence-electron chi connectivity index (χ3n) is 2.92.